The second-order valence-corrected chi connectivity index (χ2v) is 12.1. The molecular weight excluding hydrogens is 630 g/mol. The minimum Gasteiger partial charge on any atom is -0.477 e. The Morgan fingerprint density at radius 1 is 1.04 bits per heavy atom. The molecule has 15 nitrogen and oxygen atoms in total. The Labute approximate surface area is 280 Å². The topological polar surface area (TPSA) is 228 Å². The summed E-state index contributed by atoms with van der Waals surface area (Å²) < 4.78 is 16.6. The van der Waals surface area contributed by atoms with Crippen molar-refractivity contribution in [2.24, 2.45) is 0 Å². The second-order valence-electron chi connectivity index (χ2n) is 12.1. The number of unbranched alkanes of at least 4 members (excludes halogenated alkanes) is 3. The van der Waals surface area contributed by atoms with Gasteiger partial charge in [0, 0.05) is 38.3 Å². The number of carbonyl (C=O) groups is 3. The number of rotatable bonds is 19. The van der Waals surface area contributed by atoms with Crippen molar-refractivity contribution < 1.29 is 59.2 Å². The van der Waals surface area contributed by atoms with E-state index < -0.39 is 73.6 Å². The maximum absolute atomic E-state index is 12.7. The number of amides is 2. The normalized spacial score (nSPS) is 24.3. The highest BCUT2D eigenvalue weighted by atomic mass is 16.7. The maximum atomic E-state index is 12.7. The average Bonchev–Trinajstić information content (AvgIpc) is 3.07. The van der Waals surface area contributed by atoms with Crippen molar-refractivity contribution in [3.8, 4) is 12.3 Å². The molecule has 2 saturated heterocycles. The minimum absolute atomic E-state index is 0.0243. The van der Waals surface area contributed by atoms with Crippen LogP contribution < -0.4 is 15.5 Å². The maximum Gasteiger partial charge on any atom is 0.364 e. The zero-order chi connectivity index (χ0) is 35.1. The molecule has 2 aliphatic heterocycles. The van der Waals surface area contributed by atoms with Crippen molar-refractivity contribution in [1.29, 1.82) is 0 Å². The number of anilines is 1. The first kappa shape index (κ1) is 39.1. The lowest BCUT2D eigenvalue weighted by atomic mass is 9.88. The van der Waals surface area contributed by atoms with Gasteiger partial charge in [0.05, 0.1) is 37.4 Å². The summed E-state index contributed by atoms with van der Waals surface area (Å²) in [7, 11) is 0. The van der Waals surface area contributed by atoms with E-state index >= 15 is 0 Å². The van der Waals surface area contributed by atoms with Crippen LogP contribution in [0.15, 0.2) is 24.3 Å². The van der Waals surface area contributed by atoms with Crippen LogP contribution in [0.1, 0.15) is 50.5 Å². The molecule has 2 aliphatic rings. The monoisotopic (exact) mass is 679 g/mol. The highest BCUT2D eigenvalue weighted by Crippen LogP contribution is 2.34. The molecule has 0 bridgehead atoms. The predicted octanol–water partition coefficient (Wildman–Crippen LogP) is -1.34. The number of hydrogen-bond acceptors (Lipinski definition) is 12. The number of nitrogens with one attached hydrogen (secondary N) is 2. The molecule has 2 heterocycles. The quantitative estimate of drug-likeness (QED) is 0.0627. The Hall–Kier alpha value is -3.33. The Morgan fingerprint density at radius 2 is 1.71 bits per heavy atom. The van der Waals surface area contributed by atoms with Crippen molar-refractivity contribution in [2.75, 3.05) is 51.0 Å². The van der Waals surface area contributed by atoms with Crippen molar-refractivity contribution in [3.05, 3.63) is 29.8 Å². The van der Waals surface area contributed by atoms with Gasteiger partial charge < -0.3 is 60.4 Å². The molecule has 1 aromatic carbocycles. The summed E-state index contributed by atoms with van der Waals surface area (Å²) >= 11 is 0. The third kappa shape index (κ3) is 11.7. The van der Waals surface area contributed by atoms with Crippen LogP contribution in [0.5, 0.6) is 0 Å². The lowest BCUT2D eigenvalue weighted by molar-refractivity contribution is -0.310. The SMILES string of the molecule is C#CCOCCCCCCO[C@]1(C(=O)O)C[C@H](O)[C@@H](NC(=O)CO)[C@H]([C@H](O)[C@H](O)CNC(=O)Cc2ccc(N3CCC(O)CC3)cc2)O1. The molecular formula is C33H49N3O12. The van der Waals surface area contributed by atoms with Crippen molar-refractivity contribution in [3.63, 3.8) is 0 Å². The van der Waals surface area contributed by atoms with Gasteiger partial charge in [0.1, 0.15) is 25.4 Å². The molecule has 2 fully saturated rings. The number of benzene rings is 1. The van der Waals surface area contributed by atoms with Gasteiger partial charge in [-0.1, -0.05) is 30.9 Å². The molecule has 0 saturated carbocycles. The van der Waals surface area contributed by atoms with Crippen LogP contribution in [0.4, 0.5) is 5.69 Å². The smallest absolute Gasteiger partial charge is 0.364 e. The van der Waals surface area contributed by atoms with E-state index in [2.05, 4.69) is 21.5 Å². The first-order chi connectivity index (χ1) is 23.0. The van der Waals surface area contributed by atoms with E-state index in [1.807, 2.05) is 12.1 Å². The largest absolute Gasteiger partial charge is 0.477 e. The van der Waals surface area contributed by atoms with Crippen LogP contribution in [-0.4, -0.2) is 137 Å². The van der Waals surface area contributed by atoms with Crippen LogP contribution in [0, 0.1) is 12.3 Å². The van der Waals surface area contributed by atoms with E-state index in [4.69, 9.17) is 20.6 Å². The van der Waals surface area contributed by atoms with Crippen LogP contribution in [0.3, 0.4) is 0 Å². The summed E-state index contributed by atoms with van der Waals surface area (Å²) in [6.07, 6.45) is 1.27. The first-order valence-electron chi connectivity index (χ1n) is 16.3. The minimum atomic E-state index is -2.41. The van der Waals surface area contributed by atoms with Crippen LogP contribution in [0.25, 0.3) is 0 Å². The zero-order valence-electron chi connectivity index (χ0n) is 27.0. The number of piperidine rings is 1. The fourth-order valence-corrected chi connectivity index (χ4v) is 5.73. The van der Waals surface area contributed by atoms with E-state index in [1.165, 1.54) is 0 Å². The molecule has 1 aromatic rings. The summed E-state index contributed by atoms with van der Waals surface area (Å²) in [5.41, 5.74) is 1.68. The number of hydrogen-bond donors (Lipinski definition) is 8. The van der Waals surface area contributed by atoms with Crippen LogP contribution in [-0.2, 0) is 35.0 Å². The number of carbonyl (C=O) groups excluding carboxylic acids is 2. The van der Waals surface area contributed by atoms with E-state index in [1.54, 1.807) is 12.1 Å². The summed E-state index contributed by atoms with van der Waals surface area (Å²) in [5.74, 6) is -3.01. The number of aliphatic hydroxyl groups is 5. The summed E-state index contributed by atoms with van der Waals surface area (Å²) in [5, 5.41) is 66.7. The molecule has 2 amide bonds. The molecule has 0 aromatic heterocycles. The van der Waals surface area contributed by atoms with E-state index in [-0.39, 0.29) is 25.7 Å². The fraction of sp³-hybridized carbons (Fsp3) is 0.667. The highest BCUT2D eigenvalue weighted by molar-refractivity contribution is 5.79. The average molecular weight is 680 g/mol. The van der Waals surface area contributed by atoms with Gasteiger partial charge in [0.25, 0.3) is 5.79 Å². The van der Waals surface area contributed by atoms with Gasteiger partial charge in [0.2, 0.25) is 11.8 Å². The number of terminal acetylenes is 1. The molecule has 8 N–H and O–H groups in total. The molecule has 6 atom stereocenters. The van der Waals surface area contributed by atoms with E-state index in [0.717, 1.165) is 31.6 Å². The van der Waals surface area contributed by atoms with E-state index in [9.17, 15) is 45.0 Å². The molecule has 0 radical (unpaired) electrons. The van der Waals surface area contributed by atoms with Gasteiger partial charge in [-0.2, -0.15) is 0 Å². The number of aliphatic carboxylic acids is 1. The molecule has 3 rings (SSSR count). The number of ether oxygens (including phenoxy) is 3. The standard InChI is InChI=1S/C33H49N3O12/c1-2-15-46-16-5-3-4-6-17-47-33(32(44)45)19-25(39)29(35-28(42)21-37)31(48-33)30(43)26(40)20-34-27(41)18-22-7-9-23(10-8-22)36-13-11-24(38)12-14-36/h1,7-10,24-26,29-31,37-40,43H,3-6,11-21H2,(H,34,41)(H,35,42)(H,44,45)/t25-,26+,29+,30+,31+,33+/m0/s1. The van der Waals surface area contributed by atoms with Crippen LogP contribution >= 0.6 is 0 Å². The Morgan fingerprint density at radius 3 is 2.33 bits per heavy atom. The summed E-state index contributed by atoms with van der Waals surface area (Å²) in [6.45, 7) is 0.691. The molecule has 15 heteroatoms. The molecule has 0 spiro atoms. The second kappa shape index (κ2) is 19.6. The van der Waals surface area contributed by atoms with Gasteiger partial charge in [-0.05, 0) is 43.4 Å². The summed E-state index contributed by atoms with van der Waals surface area (Å²) in [4.78, 5) is 39.2. The van der Waals surface area contributed by atoms with Gasteiger partial charge in [-0.15, -0.1) is 6.42 Å². The summed E-state index contributed by atoms with van der Waals surface area (Å²) in [6, 6.07) is 5.96. The Kier molecular flexibility index (Phi) is 16.0. The number of aliphatic hydroxyl groups excluding tert-OH is 5. The molecule has 0 aliphatic carbocycles. The zero-order valence-corrected chi connectivity index (χ0v) is 27.0. The van der Waals surface area contributed by atoms with Gasteiger partial charge in [0.15, 0.2) is 0 Å². The molecule has 0 unspecified atom stereocenters. The van der Waals surface area contributed by atoms with E-state index in [0.29, 0.717) is 37.9 Å². The fourth-order valence-electron chi connectivity index (χ4n) is 5.73. The third-order valence-corrected chi connectivity index (χ3v) is 8.44. The van der Waals surface area contributed by atoms with Gasteiger partial charge in [-0.3, -0.25) is 9.59 Å². The van der Waals surface area contributed by atoms with Crippen LogP contribution in [0.2, 0.25) is 0 Å². The van der Waals surface area contributed by atoms with Gasteiger partial charge in [-0.25, -0.2) is 4.79 Å². The number of nitrogens with zero attached hydrogens (tertiary/aromatic N) is 1. The Balaban J connectivity index is 1.58. The number of carboxylic acids is 1. The third-order valence-electron chi connectivity index (χ3n) is 8.44. The predicted molar refractivity (Wildman–Crippen MR) is 172 cm³/mol. The highest BCUT2D eigenvalue weighted by Gasteiger charge is 2.55. The lowest BCUT2D eigenvalue weighted by Crippen LogP contribution is -2.68. The number of carboxylic acid groups (broad SMARTS) is 1. The Bertz CT molecular complexity index is 1200. The van der Waals surface area contributed by atoms with Crippen molar-refractivity contribution in [2.45, 2.75) is 93.7 Å². The molecule has 268 valence electrons. The van der Waals surface area contributed by atoms with Crippen molar-refractivity contribution >= 4 is 23.5 Å². The molecule has 48 heavy (non-hydrogen) atoms. The van der Waals surface area contributed by atoms with Crippen molar-refractivity contribution in [1.82, 2.24) is 10.6 Å². The lowest BCUT2D eigenvalue weighted by Gasteiger charge is -2.46. The van der Waals surface area contributed by atoms with Gasteiger partial charge >= 0.3 is 5.97 Å². The first-order valence-corrected chi connectivity index (χ1v) is 16.3.